The summed E-state index contributed by atoms with van der Waals surface area (Å²) in [5, 5.41) is 3.16. The number of amides is 1. The number of methoxy groups -OCH3 is 1. The quantitative estimate of drug-likeness (QED) is 0.244. The lowest BCUT2D eigenvalue weighted by Crippen LogP contribution is -2.15. The van der Waals surface area contributed by atoms with E-state index >= 15 is 0 Å². The molecule has 0 saturated carbocycles. The van der Waals surface area contributed by atoms with E-state index in [-0.39, 0.29) is 17.2 Å². The topological polar surface area (TPSA) is 89.0 Å². The Morgan fingerprint density at radius 1 is 1.29 bits per heavy atom. The molecule has 0 radical (unpaired) electrons. The summed E-state index contributed by atoms with van der Waals surface area (Å²) in [5.74, 6) is 0.517. The van der Waals surface area contributed by atoms with Crippen molar-refractivity contribution in [3.8, 4) is 11.4 Å². The highest BCUT2D eigenvalue weighted by Gasteiger charge is 2.15. The number of aromatic amines is 1. The van der Waals surface area contributed by atoms with E-state index in [4.69, 9.17) is 17.0 Å². The molecule has 10 heteroatoms. The summed E-state index contributed by atoms with van der Waals surface area (Å²) in [6.07, 6.45) is 0. The van der Waals surface area contributed by atoms with Gasteiger partial charge in [-0.3, -0.25) is 14.2 Å². The van der Waals surface area contributed by atoms with E-state index in [1.165, 1.54) is 11.3 Å². The lowest BCUT2D eigenvalue weighted by molar-refractivity contribution is -0.113. The van der Waals surface area contributed by atoms with Crippen LogP contribution >= 0.6 is 35.3 Å². The third-order valence-corrected chi connectivity index (χ3v) is 6.71. The number of H-pyrrole nitrogens is 1. The number of aromatic nitrogens is 3. The first-order valence-corrected chi connectivity index (χ1v) is 11.5. The Morgan fingerprint density at radius 2 is 2.10 bits per heavy atom. The number of rotatable bonds is 6. The maximum Gasteiger partial charge on any atom is 0.271 e. The molecule has 0 aliphatic carbocycles. The van der Waals surface area contributed by atoms with Gasteiger partial charge in [-0.1, -0.05) is 47.4 Å². The van der Waals surface area contributed by atoms with Gasteiger partial charge in [-0.2, -0.15) is 0 Å². The predicted octanol–water partition coefficient (Wildman–Crippen LogP) is 4.55. The zero-order valence-corrected chi connectivity index (χ0v) is 19.1. The molecule has 1 amide bonds. The standard InChI is InChI=1S/C21H18N4O3S3/c1-12-6-3-4-9-15(12)25-18-17(31-21(25)29)19(27)24-20(23-18)30-11-16(26)22-13-7-5-8-14(10-13)28-2/h3-10H,11H2,1-2H3,(H,22,26)(H,23,24,27). The van der Waals surface area contributed by atoms with Gasteiger partial charge < -0.3 is 15.0 Å². The first-order valence-electron chi connectivity index (χ1n) is 9.25. The van der Waals surface area contributed by atoms with Crippen molar-refractivity contribution in [2.24, 2.45) is 0 Å². The van der Waals surface area contributed by atoms with Crippen molar-refractivity contribution in [3.63, 3.8) is 0 Å². The van der Waals surface area contributed by atoms with Crippen molar-refractivity contribution < 1.29 is 9.53 Å². The van der Waals surface area contributed by atoms with E-state index in [0.717, 1.165) is 23.0 Å². The molecule has 0 unspecified atom stereocenters. The third kappa shape index (κ3) is 4.55. The zero-order valence-electron chi connectivity index (χ0n) is 16.7. The van der Waals surface area contributed by atoms with Gasteiger partial charge in [-0.15, -0.1) is 0 Å². The fraction of sp³-hybridized carbons (Fsp3) is 0.143. The van der Waals surface area contributed by atoms with Crippen LogP contribution in [0.5, 0.6) is 5.75 Å². The predicted molar refractivity (Wildman–Crippen MR) is 127 cm³/mol. The van der Waals surface area contributed by atoms with Crippen molar-refractivity contribution in [2.45, 2.75) is 12.1 Å². The highest BCUT2D eigenvalue weighted by atomic mass is 32.2. The van der Waals surface area contributed by atoms with Crippen molar-refractivity contribution in [1.29, 1.82) is 0 Å². The van der Waals surface area contributed by atoms with Crippen LogP contribution in [0.1, 0.15) is 5.56 Å². The van der Waals surface area contributed by atoms with Crippen LogP contribution in [0.25, 0.3) is 16.0 Å². The number of thioether (sulfide) groups is 1. The van der Waals surface area contributed by atoms with E-state index in [2.05, 4.69) is 15.3 Å². The summed E-state index contributed by atoms with van der Waals surface area (Å²) in [7, 11) is 1.57. The zero-order chi connectivity index (χ0) is 22.0. The van der Waals surface area contributed by atoms with Gasteiger partial charge in [0.2, 0.25) is 5.91 Å². The lowest BCUT2D eigenvalue weighted by Gasteiger charge is -2.09. The second-order valence-corrected chi connectivity index (χ2v) is 9.19. The number of nitrogens with one attached hydrogen (secondary N) is 2. The molecule has 0 saturated heterocycles. The minimum Gasteiger partial charge on any atom is -0.497 e. The van der Waals surface area contributed by atoms with Crippen LogP contribution in [0, 0.1) is 10.9 Å². The van der Waals surface area contributed by atoms with Gasteiger partial charge in [0, 0.05) is 11.8 Å². The van der Waals surface area contributed by atoms with E-state index in [9.17, 15) is 9.59 Å². The Bertz CT molecular complexity index is 1390. The molecule has 2 heterocycles. The lowest BCUT2D eigenvalue weighted by atomic mass is 10.2. The first kappa shape index (κ1) is 21.3. The van der Waals surface area contributed by atoms with Gasteiger partial charge in [-0.05, 0) is 42.9 Å². The Labute approximate surface area is 191 Å². The second-order valence-electron chi connectivity index (χ2n) is 6.58. The highest BCUT2D eigenvalue weighted by Crippen LogP contribution is 2.26. The molecule has 2 N–H and O–H groups in total. The third-order valence-electron chi connectivity index (χ3n) is 4.47. The van der Waals surface area contributed by atoms with Gasteiger partial charge in [-0.25, -0.2) is 4.98 Å². The van der Waals surface area contributed by atoms with Gasteiger partial charge >= 0.3 is 0 Å². The summed E-state index contributed by atoms with van der Waals surface area (Å²) in [4.78, 5) is 32.3. The minimum atomic E-state index is -0.274. The normalized spacial score (nSPS) is 10.9. The van der Waals surface area contributed by atoms with Crippen LogP contribution in [0.2, 0.25) is 0 Å². The van der Waals surface area contributed by atoms with Gasteiger partial charge in [0.25, 0.3) is 5.56 Å². The maximum atomic E-state index is 12.6. The number of hydrogen-bond donors (Lipinski definition) is 2. The average Bonchev–Trinajstić information content (AvgIpc) is 3.09. The average molecular weight is 471 g/mol. The number of benzene rings is 2. The van der Waals surface area contributed by atoms with Crippen LogP contribution in [-0.2, 0) is 4.79 Å². The molecule has 2 aromatic heterocycles. The van der Waals surface area contributed by atoms with E-state index < -0.39 is 0 Å². The van der Waals surface area contributed by atoms with Crippen LogP contribution < -0.4 is 15.6 Å². The largest absolute Gasteiger partial charge is 0.497 e. The molecule has 2 aromatic carbocycles. The van der Waals surface area contributed by atoms with Crippen LogP contribution in [0.15, 0.2) is 58.5 Å². The van der Waals surface area contributed by atoms with Crippen LogP contribution in [0.3, 0.4) is 0 Å². The summed E-state index contributed by atoms with van der Waals surface area (Å²) in [6, 6.07) is 14.9. The first-order chi connectivity index (χ1) is 15.0. The smallest absolute Gasteiger partial charge is 0.271 e. The minimum absolute atomic E-state index is 0.0842. The molecule has 7 nitrogen and oxygen atoms in total. The van der Waals surface area contributed by atoms with E-state index in [1.807, 2.05) is 31.2 Å². The van der Waals surface area contributed by atoms with Crippen LogP contribution in [0.4, 0.5) is 5.69 Å². The Hall–Kier alpha value is -2.95. The number of aryl methyl sites for hydroxylation is 1. The summed E-state index contributed by atoms with van der Waals surface area (Å²) in [6.45, 7) is 1.98. The Balaban J connectivity index is 1.59. The van der Waals surface area contributed by atoms with E-state index in [1.54, 1.807) is 35.9 Å². The number of anilines is 1. The number of para-hydroxylation sites is 1. The van der Waals surface area contributed by atoms with Crippen molar-refractivity contribution in [2.75, 3.05) is 18.2 Å². The molecule has 0 spiro atoms. The molecule has 0 aliphatic heterocycles. The van der Waals surface area contributed by atoms with Gasteiger partial charge in [0.05, 0.1) is 18.6 Å². The number of fused-ring (bicyclic) bond motifs is 1. The Kier molecular flexibility index (Phi) is 6.21. The monoisotopic (exact) mass is 470 g/mol. The fourth-order valence-electron chi connectivity index (χ4n) is 3.02. The summed E-state index contributed by atoms with van der Waals surface area (Å²) < 4.78 is 7.97. The second kappa shape index (κ2) is 9.04. The SMILES string of the molecule is COc1cccc(NC(=O)CSc2nc3c(sc(=S)n3-c3ccccc3C)c(=O)[nH]2)c1. The number of nitrogens with zero attached hydrogens (tertiary/aromatic N) is 2. The Morgan fingerprint density at radius 3 is 2.87 bits per heavy atom. The molecule has 31 heavy (non-hydrogen) atoms. The van der Waals surface area contributed by atoms with Crippen LogP contribution in [-0.4, -0.2) is 33.3 Å². The number of hydrogen-bond acceptors (Lipinski definition) is 7. The maximum absolute atomic E-state index is 12.6. The van der Waals surface area contributed by atoms with Gasteiger partial charge in [0.1, 0.15) is 10.4 Å². The molecule has 158 valence electrons. The molecular weight excluding hydrogens is 452 g/mol. The van der Waals surface area contributed by atoms with Gasteiger partial charge in [0.15, 0.2) is 14.8 Å². The van der Waals surface area contributed by atoms with Crippen molar-refractivity contribution in [1.82, 2.24) is 14.5 Å². The summed E-state index contributed by atoms with van der Waals surface area (Å²) in [5.41, 5.74) is 2.75. The number of carbonyl (C=O) groups is 1. The molecule has 0 bridgehead atoms. The molecule has 4 aromatic rings. The van der Waals surface area contributed by atoms with Crippen molar-refractivity contribution >= 4 is 57.3 Å². The fourth-order valence-corrected chi connectivity index (χ4v) is 4.93. The highest BCUT2D eigenvalue weighted by molar-refractivity contribution is 7.99. The number of thiazole rings is 1. The molecule has 0 aliphatic rings. The molecule has 4 rings (SSSR count). The number of carbonyl (C=O) groups excluding carboxylic acids is 1. The summed E-state index contributed by atoms with van der Waals surface area (Å²) >= 11 is 7.87. The molecule has 0 atom stereocenters. The molecular formula is C21H18N4O3S3. The van der Waals surface area contributed by atoms with E-state index in [0.29, 0.717) is 30.9 Å². The molecule has 0 fully saturated rings. The number of ether oxygens (including phenoxy) is 1. The van der Waals surface area contributed by atoms with Crippen molar-refractivity contribution in [3.05, 3.63) is 68.4 Å².